The molecule has 1 aliphatic heterocycles. The summed E-state index contributed by atoms with van der Waals surface area (Å²) in [5, 5.41) is 2.91. The zero-order valence-electron chi connectivity index (χ0n) is 16.6. The number of benzene rings is 2. The van der Waals surface area contributed by atoms with Crippen LogP contribution in [0.1, 0.15) is 48.0 Å². The van der Waals surface area contributed by atoms with Gasteiger partial charge in [0.25, 0.3) is 5.91 Å². The molecule has 0 aliphatic carbocycles. The van der Waals surface area contributed by atoms with Crippen molar-refractivity contribution in [3.8, 4) is 5.75 Å². The molecule has 1 atom stereocenters. The minimum Gasteiger partial charge on any atom is -0.497 e. The third-order valence-corrected chi connectivity index (χ3v) is 5.31. The fourth-order valence-corrected chi connectivity index (χ4v) is 3.70. The Balaban J connectivity index is 1.47. The zero-order chi connectivity index (χ0) is 19.9. The van der Waals surface area contributed by atoms with E-state index in [4.69, 9.17) is 4.74 Å². The molecule has 148 valence electrons. The summed E-state index contributed by atoms with van der Waals surface area (Å²) in [5.74, 6) is 1.29. The number of methoxy groups -OCH3 is 1. The number of nitrogens with zero attached hydrogens (tertiary/aromatic N) is 1. The van der Waals surface area contributed by atoms with E-state index in [1.54, 1.807) is 19.2 Å². The van der Waals surface area contributed by atoms with Gasteiger partial charge in [0.15, 0.2) is 0 Å². The summed E-state index contributed by atoms with van der Waals surface area (Å²) in [6, 6.07) is 17.1. The van der Waals surface area contributed by atoms with Crippen LogP contribution >= 0.6 is 0 Å². The largest absolute Gasteiger partial charge is 0.497 e. The fourth-order valence-electron chi connectivity index (χ4n) is 3.70. The molecule has 28 heavy (non-hydrogen) atoms. The molecule has 0 saturated carbocycles. The molecule has 1 saturated heterocycles. The highest BCUT2D eigenvalue weighted by atomic mass is 16.5. The second kappa shape index (κ2) is 9.40. The van der Waals surface area contributed by atoms with Crippen molar-refractivity contribution in [1.82, 2.24) is 10.2 Å². The third kappa shape index (κ3) is 5.12. The Labute approximate surface area is 166 Å². The minimum atomic E-state index is -0.198. The minimum absolute atomic E-state index is 0.102. The van der Waals surface area contributed by atoms with Gasteiger partial charge >= 0.3 is 0 Å². The van der Waals surface area contributed by atoms with Gasteiger partial charge in [-0.25, -0.2) is 0 Å². The number of amides is 2. The van der Waals surface area contributed by atoms with Crippen LogP contribution in [0.25, 0.3) is 0 Å². The molecule has 1 unspecified atom stereocenters. The number of ether oxygens (including phenoxy) is 1. The molecule has 0 bridgehead atoms. The Bertz CT molecular complexity index is 799. The second-order valence-corrected chi connectivity index (χ2v) is 7.38. The van der Waals surface area contributed by atoms with Gasteiger partial charge in [0.05, 0.1) is 7.11 Å². The maximum Gasteiger partial charge on any atom is 0.251 e. The van der Waals surface area contributed by atoms with E-state index in [2.05, 4.69) is 17.4 Å². The second-order valence-electron chi connectivity index (χ2n) is 7.38. The van der Waals surface area contributed by atoms with E-state index in [0.29, 0.717) is 17.9 Å². The first-order valence-electron chi connectivity index (χ1n) is 9.84. The van der Waals surface area contributed by atoms with Crippen molar-refractivity contribution in [3.05, 3.63) is 65.7 Å². The van der Waals surface area contributed by atoms with Gasteiger partial charge in [0, 0.05) is 31.1 Å². The van der Waals surface area contributed by atoms with Crippen molar-refractivity contribution in [3.63, 3.8) is 0 Å². The number of likely N-dealkylation sites (tertiary alicyclic amines) is 1. The lowest BCUT2D eigenvalue weighted by molar-refractivity contribution is -0.132. The van der Waals surface area contributed by atoms with E-state index in [1.165, 1.54) is 5.56 Å². The predicted molar refractivity (Wildman–Crippen MR) is 110 cm³/mol. The predicted octanol–water partition coefficient (Wildman–Crippen LogP) is 3.61. The summed E-state index contributed by atoms with van der Waals surface area (Å²) in [6.45, 7) is 3.38. The molecule has 1 N–H and O–H groups in total. The maximum absolute atomic E-state index is 12.6. The molecule has 0 spiro atoms. The molecule has 2 amide bonds. The van der Waals surface area contributed by atoms with Crippen molar-refractivity contribution < 1.29 is 14.3 Å². The number of hydrogen-bond acceptors (Lipinski definition) is 3. The lowest BCUT2D eigenvalue weighted by Gasteiger charge is -2.33. The monoisotopic (exact) mass is 380 g/mol. The Morgan fingerprint density at radius 1 is 1.11 bits per heavy atom. The summed E-state index contributed by atoms with van der Waals surface area (Å²) in [6.07, 6.45) is 2.22. The first-order chi connectivity index (χ1) is 13.6. The average Bonchev–Trinajstić information content (AvgIpc) is 2.74. The van der Waals surface area contributed by atoms with Crippen LogP contribution in [0.4, 0.5) is 0 Å². The van der Waals surface area contributed by atoms with E-state index in [0.717, 1.165) is 31.7 Å². The van der Waals surface area contributed by atoms with E-state index in [-0.39, 0.29) is 17.9 Å². The average molecular weight is 380 g/mol. The number of carbonyl (C=O) groups excluding carboxylic acids is 2. The van der Waals surface area contributed by atoms with Crippen molar-refractivity contribution in [1.29, 1.82) is 0 Å². The Morgan fingerprint density at radius 2 is 1.82 bits per heavy atom. The number of hydrogen-bond donors (Lipinski definition) is 1. The van der Waals surface area contributed by atoms with Gasteiger partial charge in [-0.05, 0) is 55.5 Å². The molecule has 5 heteroatoms. The molecule has 0 radical (unpaired) electrons. The first-order valence-corrected chi connectivity index (χ1v) is 9.84. The molecule has 2 aromatic carbocycles. The van der Waals surface area contributed by atoms with E-state index < -0.39 is 0 Å². The topological polar surface area (TPSA) is 58.6 Å². The van der Waals surface area contributed by atoms with Gasteiger partial charge in [-0.3, -0.25) is 9.59 Å². The SMILES string of the molecule is COc1cccc(C2CCN(C(=O)CC(C)NC(=O)c3ccccc3)CC2)c1. The fraction of sp³-hybridized carbons (Fsp3) is 0.391. The summed E-state index contributed by atoms with van der Waals surface area (Å²) >= 11 is 0. The van der Waals surface area contributed by atoms with Crippen LogP contribution in [0.5, 0.6) is 5.75 Å². The molecule has 1 fully saturated rings. The van der Waals surface area contributed by atoms with Gasteiger partial charge in [-0.15, -0.1) is 0 Å². The van der Waals surface area contributed by atoms with Gasteiger partial charge in [-0.1, -0.05) is 30.3 Å². The Hall–Kier alpha value is -2.82. The van der Waals surface area contributed by atoms with Gasteiger partial charge in [0.2, 0.25) is 5.91 Å². The number of nitrogens with one attached hydrogen (secondary N) is 1. The molecule has 0 aromatic heterocycles. The third-order valence-electron chi connectivity index (χ3n) is 5.31. The van der Waals surface area contributed by atoms with Crippen LogP contribution in [0.2, 0.25) is 0 Å². The van der Waals surface area contributed by atoms with Gasteiger partial charge in [0.1, 0.15) is 5.75 Å². The maximum atomic E-state index is 12.6. The Morgan fingerprint density at radius 3 is 2.50 bits per heavy atom. The summed E-state index contributed by atoms with van der Waals surface area (Å²) in [7, 11) is 1.68. The van der Waals surface area contributed by atoms with E-state index >= 15 is 0 Å². The lowest BCUT2D eigenvalue weighted by atomic mass is 9.89. The molecule has 3 rings (SSSR count). The van der Waals surface area contributed by atoms with Crippen LogP contribution < -0.4 is 10.1 Å². The van der Waals surface area contributed by atoms with Crippen molar-refractivity contribution in [2.75, 3.05) is 20.2 Å². The van der Waals surface area contributed by atoms with Gasteiger partial charge in [-0.2, -0.15) is 0 Å². The molecule has 1 heterocycles. The highest BCUT2D eigenvalue weighted by Crippen LogP contribution is 2.30. The highest BCUT2D eigenvalue weighted by molar-refractivity contribution is 5.94. The van der Waals surface area contributed by atoms with Crippen LogP contribution in [0.3, 0.4) is 0 Å². The van der Waals surface area contributed by atoms with Crippen LogP contribution in [-0.4, -0.2) is 43.0 Å². The zero-order valence-corrected chi connectivity index (χ0v) is 16.6. The summed E-state index contributed by atoms with van der Waals surface area (Å²) < 4.78 is 5.31. The first kappa shape index (κ1) is 19.9. The molecule has 2 aromatic rings. The van der Waals surface area contributed by atoms with Crippen molar-refractivity contribution in [2.24, 2.45) is 0 Å². The highest BCUT2D eigenvalue weighted by Gasteiger charge is 2.25. The summed E-state index contributed by atoms with van der Waals surface area (Å²) in [4.78, 5) is 26.8. The molecule has 1 aliphatic rings. The normalized spacial score (nSPS) is 15.7. The number of rotatable bonds is 6. The molecule has 5 nitrogen and oxygen atoms in total. The van der Waals surface area contributed by atoms with Crippen LogP contribution in [0, 0.1) is 0 Å². The molecular formula is C23H28N2O3. The van der Waals surface area contributed by atoms with Crippen LogP contribution in [-0.2, 0) is 4.79 Å². The van der Waals surface area contributed by atoms with Crippen molar-refractivity contribution in [2.45, 2.75) is 38.1 Å². The standard InChI is InChI=1S/C23H28N2O3/c1-17(24-23(27)19-7-4-3-5-8-19)15-22(26)25-13-11-18(12-14-25)20-9-6-10-21(16-20)28-2/h3-10,16-18H,11-15H2,1-2H3,(H,24,27). The number of piperidine rings is 1. The van der Waals surface area contributed by atoms with Crippen LogP contribution in [0.15, 0.2) is 54.6 Å². The summed E-state index contributed by atoms with van der Waals surface area (Å²) in [5.41, 5.74) is 1.89. The van der Waals surface area contributed by atoms with E-state index in [1.807, 2.05) is 42.2 Å². The quantitative estimate of drug-likeness (QED) is 0.833. The van der Waals surface area contributed by atoms with Gasteiger partial charge < -0.3 is 15.0 Å². The number of carbonyl (C=O) groups is 2. The van der Waals surface area contributed by atoms with Crippen molar-refractivity contribution >= 4 is 11.8 Å². The molecular weight excluding hydrogens is 352 g/mol. The van der Waals surface area contributed by atoms with E-state index in [9.17, 15) is 9.59 Å². The Kier molecular flexibility index (Phi) is 6.69. The lowest BCUT2D eigenvalue weighted by Crippen LogP contribution is -2.42. The smallest absolute Gasteiger partial charge is 0.251 e.